The maximum Gasteiger partial charge on any atom is 0.0920 e. The Morgan fingerprint density at radius 1 is 0.500 bits per heavy atom. The number of aryl methyl sites for hydroxylation is 4. The third kappa shape index (κ3) is 8.14. The first-order valence-electron chi connectivity index (χ1n) is 18.4. The summed E-state index contributed by atoms with van der Waals surface area (Å²) < 4.78 is 0. The average Bonchev–Trinajstić information content (AvgIpc) is 3.88. The van der Waals surface area contributed by atoms with E-state index in [0.717, 1.165) is 9.52 Å². The van der Waals surface area contributed by atoms with E-state index in [1.807, 2.05) is 6.07 Å². The van der Waals surface area contributed by atoms with Gasteiger partial charge in [-0.05, 0) is 48.9 Å². The largest absolute Gasteiger partial charge is 0.184 e. The van der Waals surface area contributed by atoms with Crippen LogP contribution < -0.4 is 10.4 Å². The van der Waals surface area contributed by atoms with Crippen LogP contribution in [0, 0.1) is 19.9 Å². The van der Waals surface area contributed by atoms with Gasteiger partial charge in [-0.1, -0.05) is 133 Å². The summed E-state index contributed by atoms with van der Waals surface area (Å²) in [7, 11) is 0.795. The molecule has 9 rings (SSSR count). The van der Waals surface area contributed by atoms with Crippen LogP contribution in [-0.2, 0) is 38.7 Å². The molecule has 0 unspecified atom stereocenters. The molecule has 1 heterocycles. The predicted molar refractivity (Wildman–Crippen MR) is 223 cm³/mol. The number of benzene rings is 6. The van der Waals surface area contributed by atoms with Crippen LogP contribution in [0.25, 0.3) is 54.9 Å². The normalized spacial score (nSPS) is 11.2. The Morgan fingerprint density at radius 3 is 1.48 bits per heavy atom. The molecular formula is C50H45HfSi-3. The smallest absolute Gasteiger partial charge is 0.0920 e. The fourth-order valence-corrected chi connectivity index (χ4v) is 8.72. The molecule has 8 aromatic rings. The monoisotopic (exact) mass is 853 g/mol. The van der Waals surface area contributed by atoms with Crippen LogP contribution >= 0.6 is 0 Å². The number of hydrogen-bond acceptors (Lipinski definition) is 0. The Bertz CT molecular complexity index is 2240. The summed E-state index contributed by atoms with van der Waals surface area (Å²) in [6.07, 6.45) is 4.75. The van der Waals surface area contributed by atoms with E-state index in [1.165, 1.54) is 113 Å². The molecule has 0 bridgehead atoms. The maximum absolute atomic E-state index is 3.31. The van der Waals surface area contributed by atoms with Gasteiger partial charge in [-0.25, -0.2) is 0 Å². The summed E-state index contributed by atoms with van der Waals surface area (Å²) in [6.45, 7) is 8.84. The van der Waals surface area contributed by atoms with Gasteiger partial charge in [0.05, 0.1) is 9.52 Å². The van der Waals surface area contributed by atoms with E-state index in [4.69, 9.17) is 0 Å². The van der Waals surface area contributed by atoms with Crippen molar-refractivity contribution in [3.63, 3.8) is 0 Å². The van der Waals surface area contributed by atoms with Gasteiger partial charge >= 0.3 is 0 Å². The third-order valence-corrected chi connectivity index (χ3v) is 11.3. The minimum atomic E-state index is 0. The summed E-state index contributed by atoms with van der Waals surface area (Å²) in [6, 6.07) is 58.1. The van der Waals surface area contributed by atoms with E-state index in [2.05, 4.69) is 179 Å². The van der Waals surface area contributed by atoms with Gasteiger partial charge in [0.25, 0.3) is 0 Å². The first-order chi connectivity index (χ1) is 25.0. The second-order valence-corrected chi connectivity index (χ2v) is 14.9. The molecular weight excluding hydrogens is 807 g/mol. The standard InChI is InChI=1S/2C19H19.C12H7Si.Hf/c2*1-3-7-15-12-16-9-6-11-18(19(16)13-15)17-10-5-4-8-14(17)2;1-3-7-11-9(5-1)10-6-2-4-8-12(10)13-11;/h2*4-6,8-13H,3,7H2,1-2H3;1-7H;/q3*-1;. The summed E-state index contributed by atoms with van der Waals surface area (Å²) >= 11 is 0. The molecule has 0 aromatic heterocycles. The number of rotatable bonds is 6. The number of fused-ring (bicyclic) bond motifs is 5. The van der Waals surface area contributed by atoms with Gasteiger partial charge in [0.15, 0.2) is 0 Å². The minimum Gasteiger partial charge on any atom is -0.184 e. The summed E-state index contributed by atoms with van der Waals surface area (Å²) in [5.41, 5.74) is 13.8. The molecule has 1 aliphatic rings. The Hall–Kier alpha value is -4.37. The fourth-order valence-electron chi connectivity index (χ4n) is 7.41. The van der Waals surface area contributed by atoms with Crippen molar-refractivity contribution >= 4 is 41.4 Å². The molecule has 0 atom stereocenters. The Balaban J connectivity index is 0.000000135. The van der Waals surface area contributed by atoms with Crippen LogP contribution in [0.4, 0.5) is 0 Å². The van der Waals surface area contributed by atoms with Crippen molar-refractivity contribution in [1.82, 2.24) is 0 Å². The van der Waals surface area contributed by atoms with Gasteiger partial charge in [0.1, 0.15) is 0 Å². The van der Waals surface area contributed by atoms with Crippen LogP contribution in [0.2, 0.25) is 0 Å². The predicted octanol–water partition coefficient (Wildman–Crippen LogP) is 12.1. The zero-order valence-electron chi connectivity index (χ0n) is 30.8. The molecule has 0 amide bonds. The van der Waals surface area contributed by atoms with Crippen molar-refractivity contribution in [2.75, 3.05) is 0 Å². The average molecular weight is 852 g/mol. The van der Waals surface area contributed by atoms with Gasteiger partial charge in [0, 0.05) is 25.8 Å². The van der Waals surface area contributed by atoms with Crippen molar-refractivity contribution in [2.45, 2.75) is 53.4 Å². The number of hydrogen-bond donors (Lipinski definition) is 0. The van der Waals surface area contributed by atoms with Crippen molar-refractivity contribution in [1.29, 1.82) is 0 Å². The van der Waals surface area contributed by atoms with E-state index in [-0.39, 0.29) is 25.8 Å². The van der Waals surface area contributed by atoms with E-state index in [0.29, 0.717) is 0 Å². The summed E-state index contributed by atoms with van der Waals surface area (Å²) in [5, 5.41) is 8.33. The van der Waals surface area contributed by atoms with Crippen molar-refractivity contribution < 1.29 is 25.8 Å². The topological polar surface area (TPSA) is 0 Å². The Kier molecular flexibility index (Phi) is 12.5. The molecule has 0 nitrogen and oxygen atoms in total. The molecule has 256 valence electrons. The summed E-state index contributed by atoms with van der Waals surface area (Å²) in [4.78, 5) is 0. The third-order valence-electron chi connectivity index (χ3n) is 9.90. The maximum atomic E-state index is 3.31. The van der Waals surface area contributed by atoms with Gasteiger partial charge in [0.2, 0.25) is 0 Å². The van der Waals surface area contributed by atoms with E-state index in [9.17, 15) is 0 Å². The molecule has 0 saturated carbocycles. The molecule has 0 fully saturated rings. The molecule has 0 N–H and O–H groups in total. The quantitative estimate of drug-likeness (QED) is 0.115. The Morgan fingerprint density at radius 2 is 0.962 bits per heavy atom. The van der Waals surface area contributed by atoms with Gasteiger partial charge in [-0.2, -0.15) is 41.6 Å². The fraction of sp³-hybridized carbons (Fsp3) is 0.160. The zero-order valence-corrected chi connectivity index (χ0v) is 35.4. The van der Waals surface area contributed by atoms with E-state index >= 15 is 0 Å². The summed E-state index contributed by atoms with van der Waals surface area (Å²) in [5.74, 6) is 0. The van der Waals surface area contributed by atoms with Crippen molar-refractivity contribution in [2.24, 2.45) is 0 Å². The van der Waals surface area contributed by atoms with Gasteiger partial charge in [-0.15, -0.1) is 74.6 Å². The molecule has 8 aromatic carbocycles. The SMILES string of the molecule is CCCc1cc2c(-c3ccccc3C)cccc2[cH-]1.CCCc1cc2c(-c3ccccc3C)cccc2[cH-]1.[Hf].[c-]1cccc2c1[Si]c1ccccc1-2. The molecule has 52 heavy (non-hydrogen) atoms. The molecule has 1 aliphatic heterocycles. The van der Waals surface area contributed by atoms with Crippen LogP contribution in [0.1, 0.15) is 48.9 Å². The first kappa shape index (κ1) is 37.4. The molecule has 0 saturated heterocycles. The first-order valence-corrected chi connectivity index (χ1v) is 19.4. The van der Waals surface area contributed by atoms with E-state index < -0.39 is 0 Å². The van der Waals surface area contributed by atoms with Crippen LogP contribution in [0.3, 0.4) is 0 Å². The van der Waals surface area contributed by atoms with Gasteiger partial charge in [-0.3, -0.25) is 0 Å². The molecule has 0 aliphatic carbocycles. The van der Waals surface area contributed by atoms with Crippen molar-refractivity contribution in [3.8, 4) is 33.4 Å². The van der Waals surface area contributed by atoms with Crippen LogP contribution in [-0.4, -0.2) is 9.52 Å². The second-order valence-electron chi connectivity index (χ2n) is 13.6. The second kappa shape index (κ2) is 17.4. The molecule has 2 heteroatoms. The van der Waals surface area contributed by atoms with Crippen molar-refractivity contribution in [3.05, 3.63) is 180 Å². The van der Waals surface area contributed by atoms with Crippen LogP contribution in [0.15, 0.2) is 152 Å². The minimum absolute atomic E-state index is 0. The zero-order chi connectivity index (χ0) is 35.2. The molecule has 0 spiro atoms. The Labute approximate surface area is 331 Å². The van der Waals surface area contributed by atoms with Gasteiger partial charge < -0.3 is 0 Å². The van der Waals surface area contributed by atoms with Crippen LogP contribution in [0.5, 0.6) is 0 Å². The molecule has 2 radical (unpaired) electrons. The van der Waals surface area contributed by atoms with E-state index in [1.54, 1.807) is 0 Å².